The Balaban J connectivity index is 2.98. The van der Waals surface area contributed by atoms with Crippen LogP contribution in [0.1, 0.15) is 18.4 Å². The van der Waals surface area contributed by atoms with Crippen molar-refractivity contribution in [2.75, 3.05) is 27.9 Å². The molecule has 17 heavy (non-hydrogen) atoms. The van der Waals surface area contributed by atoms with E-state index in [1.165, 1.54) is 0 Å². The van der Waals surface area contributed by atoms with Gasteiger partial charge in [-0.3, -0.25) is 0 Å². The molecule has 0 bridgehead atoms. The smallest absolute Gasteiger partial charge is 0.129 e. The summed E-state index contributed by atoms with van der Waals surface area (Å²) in [6.45, 7) is 0.709. The van der Waals surface area contributed by atoms with Gasteiger partial charge in [-0.25, -0.2) is 0 Å². The second-order valence-electron chi connectivity index (χ2n) is 3.76. The highest BCUT2D eigenvalue weighted by Gasteiger charge is 2.12. The number of hydrogen-bond acceptors (Lipinski definition) is 4. The zero-order valence-corrected chi connectivity index (χ0v) is 10.8. The molecule has 1 aromatic carbocycles. The van der Waals surface area contributed by atoms with Crippen LogP contribution in [0.25, 0.3) is 0 Å². The van der Waals surface area contributed by atoms with Gasteiger partial charge in [0.15, 0.2) is 0 Å². The van der Waals surface area contributed by atoms with Crippen LogP contribution in [0.3, 0.4) is 0 Å². The summed E-state index contributed by atoms with van der Waals surface area (Å²) in [7, 11) is 4.93. The van der Waals surface area contributed by atoms with Gasteiger partial charge in [0.05, 0.1) is 21.3 Å². The van der Waals surface area contributed by atoms with Gasteiger partial charge in [-0.15, -0.1) is 0 Å². The number of unbranched alkanes of at least 4 members (excludes halogenated alkanes) is 1. The predicted molar refractivity (Wildman–Crippen MR) is 68.1 cm³/mol. The Hall–Kier alpha value is -1.42. The van der Waals surface area contributed by atoms with Crippen molar-refractivity contribution in [1.82, 2.24) is 0 Å². The van der Waals surface area contributed by atoms with E-state index in [1.807, 2.05) is 12.1 Å². The summed E-state index contributed by atoms with van der Waals surface area (Å²) in [5, 5.41) is 0. The van der Waals surface area contributed by atoms with Crippen molar-refractivity contribution in [1.29, 1.82) is 0 Å². The maximum absolute atomic E-state index is 5.50. The quantitative estimate of drug-likeness (QED) is 0.739. The average molecular weight is 239 g/mol. The average Bonchev–Trinajstić information content (AvgIpc) is 2.38. The first-order valence-electron chi connectivity index (χ1n) is 5.75. The maximum atomic E-state index is 5.50. The topological polar surface area (TPSA) is 53.7 Å². The van der Waals surface area contributed by atoms with Crippen molar-refractivity contribution in [2.45, 2.75) is 19.3 Å². The fraction of sp³-hybridized carbons (Fsp3) is 0.538. The largest absolute Gasteiger partial charge is 0.496 e. The van der Waals surface area contributed by atoms with E-state index < -0.39 is 0 Å². The van der Waals surface area contributed by atoms with Gasteiger partial charge in [0.2, 0.25) is 0 Å². The summed E-state index contributed by atoms with van der Waals surface area (Å²) in [4.78, 5) is 0. The lowest BCUT2D eigenvalue weighted by Gasteiger charge is -2.14. The second-order valence-corrected chi connectivity index (χ2v) is 3.76. The minimum Gasteiger partial charge on any atom is -0.496 e. The molecule has 0 fully saturated rings. The van der Waals surface area contributed by atoms with Crippen molar-refractivity contribution >= 4 is 0 Å². The molecule has 1 aromatic rings. The van der Waals surface area contributed by atoms with Crippen molar-refractivity contribution < 1.29 is 14.2 Å². The molecule has 0 saturated carbocycles. The van der Waals surface area contributed by atoms with Crippen LogP contribution in [0.5, 0.6) is 17.2 Å². The molecule has 0 amide bonds. The SMILES string of the molecule is COc1cc(OC)c(CCCCN)c(OC)c1. The fourth-order valence-electron chi connectivity index (χ4n) is 1.77. The lowest BCUT2D eigenvalue weighted by Crippen LogP contribution is -2.02. The zero-order chi connectivity index (χ0) is 12.7. The highest BCUT2D eigenvalue weighted by atomic mass is 16.5. The molecular weight excluding hydrogens is 218 g/mol. The summed E-state index contributed by atoms with van der Waals surface area (Å²) in [5.74, 6) is 2.35. The molecule has 0 atom stereocenters. The third kappa shape index (κ3) is 3.53. The Bertz CT molecular complexity index is 328. The van der Waals surface area contributed by atoms with Crippen LogP contribution >= 0.6 is 0 Å². The number of methoxy groups -OCH3 is 3. The molecule has 96 valence electrons. The van der Waals surface area contributed by atoms with Crippen molar-refractivity contribution in [3.63, 3.8) is 0 Å². The van der Waals surface area contributed by atoms with E-state index in [1.54, 1.807) is 21.3 Å². The van der Waals surface area contributed by atoms with Crippen molar-refractivity contribution in [3.8, 4) is 17.2 Å². The van der Waals surface area contributed by atoms with E-state index in [4.69, 9.17) is 19.9 Å². The van der Waals surface area contributed by atoms with Crippen molar-refractivity contribution in [3.05, 3.63) is 17.7 Å². The Morgan fingerprint density at radius 1 is 0.941 bits per heavy atom. The molecule has 0 unspecified atom stereocenters. The molecule has 2 N–H and O–H groups in total. The molecule has 0 heterocycles. The monoisotopic (exact) mass is 239 g/mol. The molecule has 4 nitrogen and oxygen atoms in total. The van der Waals surface area contributed by atoms with E-state index in [0.717, 1.165) is 42.1 Å². The molecule has 4 heteroatoms. The van der Waals surface area contributed by atoms with Gasteiger partial charge in [0.1, 0.15) is 17.2 Å². The zero-order valence-electron chi connectivity index (χ0n) is 10.8. The first kappa shape index (κ1) is 13.6. The van der Waals surface area contributed by atoms with Crippen LogP contribution in [-0.2, 0) is 6.42 Å². The highest BCUT2D eigenvalue weighted by molar-refractivity contribution is 5.50. The molecule has 0 aliphatic heterocycles. The summed E-state index contributed by atoms with van der Waals surface area (Å²) >= 11 is 0. The molecule has 0 radical (unpaired) electrons. The van der Waals surface area contributed by atoms with Crippen LogP contribution in [0.2, 0.25) is 0 Å². The standard InChI is InChI=1S/C13H21NO3/c1-15-10-8-12(16-2)11(6-4-5-7-14)13(9-10)17-3/h8-9H,4-7,14H2,1-3H3. The molecular formula is C13H21NO3. The molecule has 1 rings (SSSR count). The molecule has 0 spiro atoms. The Morgan fingerprint density at radius 2 is 1.53 bits per heavy atom. The molecule has 0 aromatic heterocycles. The van der Waals surface area contributed by atoms with Gasteiger partial charge in [0, 0.05) is 17.7 Å². The number of rotatable bonds is 7. The van der Waals surface area contributed by atoms with Gasteiger partial charge in [0.25, 0.3) is 0 Å². The summed E-state index contributed by atoms with van der Waals surface area (Å²) in [5.41, 5.74) is 6.57. The lowest BCUT2D eigenvalue weighted by atomic mass is 10.1. The Labute approximate surface area is 103 Å². The first-order valence-corrected chi connectivity index (χ1v) is 5.75. The van der Waals surface area contributed by atoms with Crippen LogP contribution < -0.4 is 19.9 Å². The van der Waals surface area contributed by atoms with Gasteiger partial charge in [-0.1, -0.05) is 0 Å². The number of benzene rings is 1. The minimum absolute atomic E-state index is 0.709. The number of ether oxygens (including phenoxy) is 3. The Kier molecular flexibility index (Phi) is 5.63. The lowest BCUT2D eigenvalue weighted by molar-refractivity contribution is 0.368. The molecule has 0 saturated heterocycles. The third-order valence-corrected chi connectivity index (χ3v) is 2.70. The van der Waals surface area contributed by atoms with E-state index in [2.05, 4.69) is 0 Å². The van der Waals surface area contributed by atoms with E-state index in [-0.39, 0.29) is 0 Å². The van der Waals surface area contributed by atoms with Gasteiger partial charge >= 0.3 is 0 Å². The number of hydrogen-bond donors (Lipinski definition) is 1. The highest BCUT2D eigenvalue weighted by Crippen LogP contribution is 2.34. The fourth-order valence-corrected chi connectivity index (χ4v) is 1.77. The van der Waals surface area contributed by atoms with Crippen molar-refractivity contribution in [2.24, 2.45) is 5.73 Å². The predicted octanol–water partition coefficient (Wildman–Crippen LogP) is 1.99. The van der Waals surface area contributed by atoms with Gasteiger partial charge in [-0.05, 0) is 25.8 Å². The molecule has 0 aliphatic rings. The second kappa shape index (κ2) is 7.01. The first-order chi connectivity index (χ1) is 8.26. The minimum atomic E-state index is 0.709. The maximum Gasteiger partial charge on any atom is 0.129 e. The van der Waals surface area contributed by atoms with Crippen LogP contribution in [0.15, 0.2) is 12.1 Å². The van der Waals surface area contributed by atoms with Crippen LogP contribution in [0, 0.1) is 0 Å². The van der Waals surface area contributed by atoms with Crippen LogP contribution in [0.4, 0.5) is 0 Å². The third-order valence-electron chi connectivity index (χ3n) is 2.70. The number of nitrogens with two attached hydrogens (primary N) is 1. The summed E-state index contributed by atoms with van der Waals surface area (Å²) < 4.78 is 15.9. The Morgan fingerprint density at radius 3 is 1.94 bits per heavy atom. The van der Waals surface area contributed by atoms with E-state index >= 15 is 0 Å². The van der Waals surface area contributed by atoms with Gasteiger partial charge < -0.3 is 19.9 Å². The van der Waals surface area contributed by atoms with E-state index in [0.29, 0.717) is 6.54 Å². The summed E-state index contributed by atoms with van der Waals surface area (Å²) in [6.07, 6.45) is 2.92. The van der Waals surface area contributed by atoms with Crippen LogP contribution in [-0.4, -0.2) is 27.9 Å². The summed E-state index contributed by atoms with van der Waals surface area (Å²) in [6, 6.07) is 3.75. The normalized spacial score (nSPS) is 10.1. The van der Waals surface area contributed by atoms with Gasteiger partial charge in [-0.2, -0.15) is 0 Å². The van der Waals surface area contributed by atoms with E-state index in [9.17, 15) is 0 Å². The molecule has 0 aliphatic carbocycles.